The smallest absolute Gasteiger partial charge is 0.245 e. The molecule has 9 nitrogen and oxygen atoms in total. The summed E-state index contributed by atoms with van der Waals surface area (Å²) in [4.78, 5) is 16.2. The van der Waals surface area contributed by atoms with Crippen LogP contribution in [0.5, 0.6) is 0 Å². The Morgan fingerprint density at radius 1 is 1.13 bits per heavy atom. The highest BCUT2D eigenvalue weighted by atomic mass is 19.1. The third kappa shape index (κ3) is 4.00. The van der Waals surface area contributed by atoms with E-state index >= 15 is 0 Å². The molecule has 38 heavy (non-hydrogen) atoms. The first-order valence-corrected chi connectivity index (χ1v) is 12.9. The van der Waals surface area contributed by atoms with E-state index in [9.17, 15) is 4.39 Å². The first-order valence-electron chi connectivity index (χ1n) is 12.9. The molecule has 3 N–H and O–H groups in total. The molecule has 1 aromatic carbocycles. The largest absolute Gasteiger partial charge is 0.422 e. The predicted molar refractivity (Wildman–Crippen MR) is 140 cm³/mol. The van der Waals surface area contributed by atoms with Crippen molar-refractivity contribution in [2.24, 2.45) is 0 Å². The summed E-state index contributed by atoms with van der Waals surface area (Å²) in [5.41, 5.74) is 3.77. The van der Waals surface area contributed by atoms with Crippen molar-refractivity contribution in [3.63, 3.8) is 0 Å². The lowest BCUT2D eigenvalue weighted by Crippen LogP contribution is -2.53. The number of H-pyrrole nitrogens is 2. The Balaban J connectivity index is 1.49. The van der Waals surface area contributed by atoms with Crippen molar-refractivity contribution in [1.29, 1.82) is 0 Å². The van der Waals surface area contributed by atoms with Gasteiger partial charge in [-0.15, -0.1) is 10.2 Å². The standard InChI is InChI=1S/C28H30FN7O2/c1-5-37-14-28(27-36-35-26(38-27)15(2)3)24-18(17-8-6-7-9-20(17)32-24)12-22(34-28)25-30-13-23(33-25)21-11-10-19(29)16(4)31-21/h6-11,13,15,22,32,34H,5,12,14H2,1-4H3,(H,30,33)/t22-,28?/m1/s1. The Labute approximate surface area is 219 Å². The van der Waals surface area contributed by atoms with Crippen LogP contribution in [0, 0.1) is 12.7 Å². The molecular formula is C28H30FN7O2. The van der Waals surface area contributed by atoms with Gasteiger partial charge >= 0.3 is 0 Å². The number of imidazole rings is 1. The normalized spacial score (nSPS) is 19.4. The van der Waals surface area contributed by atoms with Crippen LogP contribution in [0.15, 0.2) is 47.0 Å². The number of fused-ring (bicyclic) bond motifs is 3. The number of aryl methyl sites for hydroxylation is 1. The number of nitrogens with zero attached hydrogens (tertiary/aromatic N) is 4. The van der Waals surface area contributed by atoms with Gasteiger partial charge in [0.15, 0.2) is 5.54 Å². The number of rotatable bonds is 7. The first-order chi connectivity index (χ1) is 18.4. The summed E-state index contributed by atoms with van der Waals surface area (Å²) in [6, 6.07) is 11.1. The summed E-state index contributed by atoms with van der Waals surface area (Å²) in [5.74, 6) is 1.47. The van der Waals surface area contributed by atoms with Crippen molar-refractivity contribution in [2.75, 3.05) is 13.2 Å². The van der Waals surface area contributed by atoms with E-state index in [4.69, 9.17) is 14.1 Å². The highest BCUT2D eigenvalue weighted by molar-refractivity contribution is 5.85. The molecule has 1 aliphatic rings. The van der Waals surface area contributed by atoms with Crippen LogP contribution in [0.4, 0.5) is 4.39 Å². The fraction of sp³-hybridized carbons (Fsp3) is 0.357. The van der Waals surface area contributed by atoms with Crippen molar-refractivity contribution >= 4 is 10.9 Å². The summed E-state index contributed by atoms with van der Waals surface area (Å²) in [6.07, 6.45) is 2.47. The van der Waals surface area contributed by atoms with Gasteiger partial charge < -0.3 is 19.1 Å². The number of hydrogen-bond donors (Lipinski definition) is 3. The van der Waals surface area contributed by atoms with Gasteiger partial charge in [-0.05, 0) is 44.0 Å². The second kappa shape index (κ2) is 9.45. The quantitative estimate of drug-likeness (QED) is 0.277. The van der Waals surface area contributed by atoms with E-state index in [0.29, 0.717) is 41.9 Å². The molecule has 10 heteroatoms. The molecule has 0 bridgehead atoms. The van der Waals surface area contributed by atoms with Crippen molar-refractivity contribution in [3.05, 3.63) is 83.0 Å². The molecule has 1 unspecified atom stereocenters. The average Bonchev–Trinajstić information content (AvgIpc) is 3.67. The van der Waals surface area contributed by atoms with E-state index in [1.165, 1.54) is 6.07 Å². The number of para-hydroxylation sites is 1. The van der Waals surface area contributed by atoms with Gasteiger partial charge in [-0.2, -0.15) is 0 Å². The second-order valence-electron chi connectivity index (χ2n) is 10.0. The van der Waals surface area contributed by atoms with Crippen LogP contribution in [-0.4, -0.2) is 43.3 Å². The van der Waals surface area contributed by atoms with Gasteiger partial charge in [0.2, 0.25) is 11.8 Å². The lowest BCUT2D eigenvalue weighted by atomic mass is 9.83. The first kappa shape index (κ1) is 24.4. The number of nitrogens with one attached hydrogen (secondary N) is 3. The summed E-state index contributed by atoms with van der Waals surface area (Å²) >= 11 is 0. The number of hydrogen-bond acceptors (Lipinski definition) is 7. The molecule has 5 aromatic rings. The van der Waals surface area contributed by atoms with Crippen LogP contribution in [0.25, 0.3) is 22.3 Å². The molecule has 0 saturated carbocycles. The third-order valence-corrected chi connectivity index (χ3v) is 7.10. The molecule has 2 atom stereocenters. The minimum absolute atomic E-state index is 0.0845. The van der Waals surface area contributed by atoms with Crippen LogP contribution < -0.4 is 5.32 Å². The molecule has 6 rings (SSSR count). The fourth-order valence-corrected chi connectivity index (χ4v) is 5.14. The maximum Gasteiger partial charge on any atom is 0.245 e. The maximum atomic E-state index is 13.8. The molecule has 5 heterocycles. The molecular weight excluding hydrogens is 485 g/mol. The van der Waals surface area contributed by atoms with Gasteiger partial charge in [-0.1, -0.05) is 32.0 Å². The molecule has 196 valence electrons. The van der Waals surface area contributed by atoms with E-state index in [0.717, 1.165) is 28.0 Å². The third-order valence-electron chi connectivity index (χ3n) is 7.10. The van der Waals surface area contributed by atoms with Crippen molar-refractivity contribution in [2.45, 2.75) is 51.6 Å². The van der Waals surface area contributed by atoms with Crippen molar-refractivity contribution in [1.82, 2.24) is 35.5 Å². The average molecular weight is 516 g/mol. The van der Waals surface area contributed by atoms with Gasteiger partial charge in [0.05, 0.1) is 29.7 Å². The van der Waals surface area contributed by atoms with E-state index in [2.05, 4.69) is 42.6 Å². The molecule has 0 radical (unpaired) electrons. The van der Waals surface area contributed by atoms with Crippen LogP contribution in [0.1, 0.15) is 67.3 Å². The number of ether oxygens (including phenoxy) is 1. The molecule has 0 saturated heterocycles. The Hall–Kier alpha value is -3.89. The van der Waals surface area contributed by atoms with Gasteiger partial charge in [-0.25, -0.2) is 14.4 Å². The number of halogens is 1. The SMILES string of the molecule is CCOCC1(c2nnc(C(C)C)o2)N[C@@H](c2nc(-c3ccc(F)c(C)n3)c[nH]2)Cc2c1[nH]c1ccccc21. The number of pyridine rings is 1. The molecule has 1 aliphatic heterocycles. The lowest BCUT2D eigenvalue weighted by molar-refractivity contribution is 0.0654. The molecule has 4 aromatic heterocycles. The second-order valence-corrected chi connectivity index (χ2v) is 10.0. The molecule has 0 amide bonds. The number of aromatic amines is 2. The van der Waals surface area contributed by atoms with E-state index in [1.807, 2.05) is 32.9 Å². The summed E-state index contributed by atoms with van der Waals surface area (Å²) < 4.78 is 26.1. The zero-order chi connectivity index (χ0) is 26.4. The monoisotopic (exact) mass is 515 g/mol. The molecule has 0 fully saturated rings. The van der Waals surface area contributed by atoms with Crippen LogP contribution in [0.2, 0.25) is 0 Å². The van der Waals surface area contributed by atoms with E-state index in [1.54, 1.807) is 19.2 Å². The Kier molecular flexibility index (Phi) is 6.08. The minimum atomic E-state index is -0.926. The highest BCUT2D eigenvalue weighted by Crippen LogP contribution is 2.43. The highest BCUT2D eigenvalue weighted by Gasteiger charge is 2.49. The van der Waals surface area contributed by atoms with Crippen LogP contribution in [0.3, 0.4) is 0 Å². The molecule has 0 aliphatic carbocycles. The summed E-state index contributed by atoms with van der Waals surface area (Å²) in [6.45, 7) is 8.46. The van der Waals surface area contributed by atoms with Gasteiger partial charge in [0, 0.05) is 29.6 Å². The topological polar surface area (TPSA) is 118 Å². The fourth-order valence-electron chi connectivity index (χ4n) is 5.14. The number of aromatic nitrogens is 6. The van der Waals surface area contributed by atoms with Crippen LogP contribution in [-0.2, 0) is 16.7 Å². The summed E-state index contributed by atoms with van der Waals surface area (Å²) in [7, 11) is 0. The Bertz CT molecular complexity index is 1600. The van der Waals surface area contributed by atoms with Crippen LogP contribution >= 0.6 is 0 Å². The maximum absolute atomic E-state index is 13.8. The zero-order valence-corrected chi connectivity index (χ0v) is 21.8. The Morgan fingerprint density at radius 3 is 2.74 bits per heavy atom. The predicted octanol–water partition coefficient (Wildman–Crippen LogP) is 5.07. The van der Waals surface area contributed by atoms with Gasteiger partial charge in [0.25, 0.3) is 0 Å². The lowest BCUT2D eigenvalue weighted by Gasteiger charge is -2.39. The van der Waals surface area contributed by atoms with Gasteiger partial charge in [0.1, 0.15) is 17.3 Å². The van der Waals surface area contributed by atoms with E-state index < -0.39 is 5.54 Å². The number of benzene rings is 1. The van der Waals surface area contributed by atoms with E-state index in [-0.39, 0.29) is 24.4 Å². The van der Waals surface area contributed by atoms with Crippen molar-refractivity contribution in [3.8, 4) is 11.4 Å². The van der Waals surface area contributed by atoms with Gasteiger partial charge in [-0.3, -0.25) is 5.32 Å². The molecule has 0 spiro atoms. The summed E-state index contributed by atoms with van der Waals surface area (Å²) in [5, 5.41) is 13.7. The Morgan fingerprint density at radius 2 is 1.97 bits per heavy atom. The van der Waals surface area contributed by atoms with Crippen molar-refractivity contribution < 1.29 is 13.5 Å². The minimum Gasteiger partial charge on any atom is -0.422 e. The zero-order valence-electron chi connectivity index (χ0n) is 21.8.